The van der Waals surface area contributed by atoms with Gasteiger partial charge < -0.3 is 10.6 Å². The van der Waals surface area contributed by atoms with Gasteiger partial charge in [0, 0.05) is 23.2 Å². The van der Waals surface area contributed by atoms with E-state index in [2.05, 4.69) is 34.9 Å². The molecule has 4 saturated carbocycles. The maximum absolute atomic E-state index is 12.7. The van der Waals surface area contributed by atoms with Crippen LogP contribution in [0.4, 0.5) is 11.4 Å². The lowest BCUT2D eigenvalue weighted by Crippen LogP contribution is -2.27. The lowest BCUT2D eigenvalue weighted by molar-refractivity contribution is -0.122. The minimum Gasteiger partial charge on any atom is -0.326 e. The largest absolute Gasteiger partial charge is 0.326 e. The van der Waals surface area contributed by atoms with Crippen molar-refractivity contribution < 1.29 is 9.59 Å². The molecule has 4 heteroatoms. The first-order valence-electron chi connectivity index (χ1n) is 12.9. The average molecular weight is 443 g/mol. The SMILES string of the molecule is O=C(Nc1ccc(Cc2ccc(NC(=O)[C@@H]3C[C@@H]4CC[C@@H]3C4)cc2)cc1)[C@H]1C[C@H]2CC[C@@H]1C2. The van der Waals surface area contributed by atoms with Crippen molar-refractivity contribution in [1.82, 2.24) is 0 Å². The number of amides is 2. The summed E-state index contributed by atoms with van der Waals surface area (Å²) in [4.78, 5) is 25.3. The third kappa shape index (κ3) is 4.32. The van der Waals surface area contributed by atoms with Crippen molar-refractivity contribution >= 4 is 23.2 Å². The number of fused-ring (bicyclic) bond motifs is 4. The van der Waals surface area contributed by atoms with Gasteiger partial charge in [0.05, 0.1) is 0 Å². The van der Waals surface area contributed by atoms with Crippen molar-refractivity contribution in [1.29, 1.82) is 0 Å². The third-order valence-corrected chi connectivity index (χ3v) is 9.00. The zero-order valence-electron chi connectivity index (χ0n) is 19.3. The first-order chi connectivity index (χ1) is 16.1. The molecule has 4 aliphatic rings. The molecule has 6 atom stereocenters. The summed E-state index contributed by atoms with van der Waals surface area (Å²) in [6, 6.07) is 16.5. The topological polar surface area (TPSA) is 58.2 Å². The number of hydrogen-bond donors (Lipinski definition) is 2. The van der Waals surface area contributed by atoms with E-state index in [1.165, 1.54) is 49.7 Å². The highest BCUT2D eigenvalue weighted by atomic mass is 16.2. The smallest absolute Gasteiger partial charge is 0.227 e. The van der Waals surface area contributed by atoms with Gasteiger partial charge in [0.2, 0.25) is 11.8 Å². The minimum atomic E-state index is 0.206. The Balaban J connectivity index is 1.01. The molecule has 0 aromatic heterocycles. The molecule has 6 rings (SSSR count). The normalized spacial score (nSPS) is 31.6. The van der Waals surface area contributed by atoms with E-state index >= 15 is 0 Å². The van der Waals surface area contributed by atoms with Crippen LogP contribution < -0.4 is 10.6 Å². The van der Waals surface area contributed by atoms with Crippen molar-refractivity contribution in [3.63, 3.8) is 0 Å². The monoisotopic (exact) mass is 442 g/mol. The molecule has 2 amide bonds. The second kappa shape index (κ2) is 8.62. The summed E-state index contributed by atoms with van der Waals surface area (Å²) >= 11 is 0. The summed E-state index contributed by atoms with van der Waals surface area (Å²) < 4.78 is 0. The molecule has 4 aliphatic carbocycles. The standard InChI is InChI=1S/C29H34N2O2/c32-28(26-16-20-1-7-22(26)14-20)30-24-9-3-18(4-10-24)13-19-5-11-25(12-6-19)31-29(33)27-17-21-2-8-23(27)15-21/h3-6,9-12,20-23,26-27H,1-2,7-8,13-17H2,(H,30,32)(H,31,33)/t20-,21+,22-,23-,26-,27+/m1/s1. The Morgan fingerprint density at radius 1 is 0.606 bits per heavy atom. The van der Waals surface area contributed by atoms with Crippen LogP contribution in [-0.2, 0) is 16.0 Å². The predicted molar refractivity (Wildman–Crippen MR) is 131 cm³/mol. The lowest BCUT2D eigenvalue weighted by Gasteiger charge is -2.21. The quantitative estimate of drug-likeness (QED) is 0.574. The number of hydrogen-bond acceptors (Lipinski definition) is 2. The molecule has 4 nitrogen and oxygen atoms in total. The van der Waals surface area contributed by atoms with Crippen molar-refractivity contribution in [2.45, 2.75) is 57.8 Å². The fourth-order valence-corrected chi connectivity index (χ4v) is 7.25. The summed E-state index contributed by atoms with van der Waals surface area (Å²) in [5.74, 6) is 3.62. The highest BCUT2D eigenvalue weighted by Gasteiger charge is 2.43. The van der Waals surface area contributed by atoms with Crippen LogP contribution in [0.1, 0.15) is 62.5 Å². The van der Waals surface area contributed by atoms with Crippen molar-refractivity contribution in [2.24, 2.45) is 35.5 Å². The van der Waals surface area contributed by atoms with E-state index in [1.807, 2.05) is 24.3 Å². The molecule has 4 bridgehead atoms. The molecule has 4 fully saturated rings. The van der Waals surface area contributed by atoms with Crippen molar-refractivity contribution in [2.75, 3.05) is 10.6 Å². The number of anilines is 2. The number of carbonyl (C=O) groups excluding carboxylic acids is 2. The lowest BCUT2D eigenvalue weighted by atomic mass is 9.88. The van der Waals surface area contributed by atoms with Crippen molar-refractivity contribution in [3.05, 3.63) is 59.7 Å². The van der Waals surface area contributed by atoms with Crippen molar-refractivity contribution in [3.8, 4) is 0 Å². The van der Waals surface area contributed by atoms with Gasteiger partial charge in [0.1, 0.15) is 0 Å². The van der Waals surface area contributed by atoms with Crippen LogP contribution in [0.15, 0.2) is 48.5 Å². The van der Waals surface area contributed by atoms with Gasteiger partial charge >= 0.3 is 0 Å². The van der Waals surface area contributed by atoms with Crippen LogP contribution in [0.2, 0.25) is 0 Å². The number of rotatable bonds is 6. The van der Waals surface area contributed by atoms with Gasteiger partial charge in [-0.1, -0.05) is 37.1 Å². The summed E-state index contributed by atoms with van der Waals surface area (Å²) in [5, 5.41) is 6.28. The molecule has 0 radical (unpaired) electrons. The molecule has 0 heterocycles. The van der Waals surface area contributed by atoms with E-state index in [4.69, 9.17) is 0 Å². The van der Waals surface area contributed by atoms with Gasteiger partial charge in [-0.25, -0.2) is 0 Å². The summed E-state index contributed by atoms with van der Waals surface area (Å²) in [6.45, 7) is 0. The second-order valence-corrected chi connectivity index (χ2v) is 11.1. The molecule has 2 aromatic rings. The summed E-state index contributed by atoms with van der Waals surface area (Å²) in [7, 11) is 0. The van der Waals surface area contributed by atoms with Gasteiger partial charge in [-0.3, -0.25) is 9.59 Å². The van der Waals surface area contributed by atoms with E-state index in [0.717, 1.165) is 42.5 Å². The molecule has 2 aromatic carbocycles. The minimum absolute atomic E-state index is 0.206. The maximum Gasteiger partial charge on any atom is 0.227 e. The molecule has 172 valence electrons. The highest BCUT2D eigenvalue weighted by Crippen LogP contribution is 2.49. The fourth-order valence-electron chi connectivity index (χ4n) is 7.25. The second-order valence-electron chi connectivity index (χ2n) is 11.1. The van der Waals surface area contributed by atoms with Gasteiger partial charge in [0.25, 0.3) is 0 Å². The molecule has 0 spiro atoms. The number of nitrogens with one attached hydrogen (secondary N) is 2. The van der Waals surface area contributed by atoms with E-state index < -0.39 is 0 Å². The Hall–Kier alpha value is -2.62. The molecular formula is C29H34N2O2. The van der Waals surface area contributed by atoms with E-state index in [1.54, 1.807) is 0 Å². The van der Waals surface area contributed by atoms with Gasteiger partial charge in [-0.05, 0) is 104 Å². The Labute approximate surface area is 196 Å². The van der Waals surface area contributed by atoms with E-state index in [0.29, 0.717) is 11.8 Å². The van der Waals surface area contributed by atoms with Crippen LogP contribution in [-0.4, -0.2) is 11.8 Å². The molecule has 0 saturated heterocycles. The number of carbonyl (C=O) groups is 2. The average Bonchev–Trinajstić information content (AvgIpc) is 3.63. The number of benzene rings is 2. The Morgan fingerprint density at radius 3 is 1.36 bits per heavy atom. The van der Waals surface area contributed by atoms with E-state index in [9.17, 15) is 9.59 Å². The highest BCUT2D eigenvalue weighted by molar-refractivity contribution is 5.93. The maximum atomic E-state index is 12.7. The molecule has 0 aliphatic heterocycles. The van der Waals surface area contributed by atoms with Crippen LogP contribution in [0.5, 0.6) is 0 Å². The zero-order chi connectivity index (χ0) is 22.4. The Kier molecular flexibility index (Phi) is 5.48. The van der Waals surface area contributed by atoms with Gasteiger partial charge in [-0.15, -0.1) is 0 Å². The van der Waals surface area contributed by atoms with Crippen LogP contribution >= 0.6 is 0 Å². The van der Waals surface area contributed by atoms with E-state index in [-0.39, 0.29) is 23.7 Å². The van der Waals surface area contributed by atoms with Gasteiger partial charge in [-0.2, -0.15) is 0 Å². The predicted octanol–water partition coefficient (Wildman–Crippen LogP) is 6.03. The fraction of sp³-hybridized carbons (Fsp3) is 0.517. The van der Waals surface area contributed by atoms with Crippen LogP contribution in [0.25, 0.3) is 0 Å². The molecular weight excluding hydrogens is 408 g/mol. The molecule has 33 heavy (non-hydrogen) atoms. The molecule has 0 unspecified atom stereocenters. The Morgan fingerprint density at radius 2 is 1.03 bits per heavy atom. The third-order valence-electron chi connectivity index (χ3n) is 9.00. The first-order valence-corrected chi connectivity index (χ1v) is 12.9. The summed E-state index contributed by atoms with van der Waals surface area (Å²) in [5.41, 5.74) is 4.22. The van der Waals surface area contributed by atoms with Crippen LogP contribution in [0.3, 0.4) is 0 Å². The van der Waals surface area contributed by atoms with Gasteiger partial charge in [0.15, 0.2) is 0 Å². The Bertz CT molecular complexity index is 945. The summed E-state index contributed by atoms with van der Waals surface area (Å²) in [6.07, 6.45) is 10.6. The zero-order valence-corrected chi connectivity index (χ0v) is 19.3. The molecule has 2 N–H and O–H groups in total. The van der Waals surface area contributed by atoms with Crippen LogP contribution in [0, 0.1) is 35.5 Å². The first kappa shape index (κ1) is 20.9.